The first kappa shape index (κ1) is 17.0. The van der Waals surface area contributed by atoms with Crippen molar-refractivity contribution in [1.82, 2.24) is 19.9 Å². The highest BCUT2D eigenvalue weighted by Gasteiger charge is 2.30. The Bertz CT molecular complexity index is 774. The van der Waals surface area contributed by atoms with Gasteiger partial charge in [-0.1, -0.05) is 0 Å². The van der Waals surface area contributed by atoms with Gasteiger partial charge in [0.1, 0.15) is 5.82 Å². The SMILES string of the molecule is Cc1cc(C)nc(N2CCN(c3cc(C4CC(N)C4)nc(N)n3)CC2)n1. The quantitative estimate of drug-likeness (QED) is 0.840. The molecule has 0 aromatic carbocycles. The molecule has 0 atom stereocenters. The second-order valence-electron chi connectivity index (χ2n) is 7.36. The fourth-order valence-electron chi connectivity index (χ4n) is 3.73. The molecule has 0 radical (unpaired) electrons. The lowest BCUT2D eigenvalue weighted by Gasteiger charge is -2.36. The Morgan fingerprint density at radius 2 is 1.50 bits per heavy atom. The molecule has 1 aliphatic heterocycles. The minimum absolute atomic E-state index is 0.293. The van der Waals surface area contributed by atoms with E-state index in [-0.39, 0.29) is 0 Å². The van der Waals surface area contributed by atoms with E-state index in [9.17, 15) is 0 Å². The molecule has 0 bridgehead atoms. The van der Waals surface area contributed by atoms with Crippen LogP contribution in [0.5, 0.6) is 0 Å². The van der Waals surface area contributed by atoms with Crippen LogP contribution in [-0.2, 0) is 0 Å². The Hall–Kier alpha value is -2.48. The largest absolute Gasteiger partial charge is 0.368 e. The summed E-state index contributed by atoms with van der Waals surface area (Å²) in [5.74, 6) is 2.49. The van der Waals surface area contributed by atoms with Gasteiger partial charge in [-0.15, -0.1) is 0 Å². The van der Waals surface area contributed by atoms with E-state index >= 15 is 0 Å². The summed E-state index contributed by atoms with van der Waals surface area (Å²) in [5.41, 5.74) is 14.9. The van der Waals surface area contributed by atoms with Gasteiger partial charge in [0, 0.05) is 55.6 Å². The van der Waals surface area contributed by atoms with Gasteiger partial charge in [-0.3, -0.25) is 0 Å². The molecule has 3 heterocycles. The molecule has 26 heavy (non-hydrogen) atoms. The minimum Gasteiger partial charge on any atom is -0.368 e. The average molecular weight is 354 g/mol. The van der Waals surface area contributed by atoms with Gasteiger partial charge < -0.3 is 21.3 Å². The van der Waals surface area contributed by atoms with Crippen molar-refractivity contribution in [3.05, 3.63) is 29.2 Å². The number of nitrogens with two attached hydrogens (primary N) is 2. The molecule has 1 aliphatic carbocycles. The van der Waals surface area contributed by atoms with Gasteiger partial charge >= 0.3 is 0 Å². The fourth-order valence-corrected chi connectivity index (χ4v) is 3.73. The number of hydrogen-bond donors (Lipinski definition) is 2. The molecule has 0 spiro atoms. The zero-order valence-electron chi connectivity index (χ0n) is 15.4. The average Bonchev–Trinajstić information content (AvgIpc) is 2.58. The van der Waals surface area contributed by atoms with Gasteiger partial charge in [-0.05, 0) is 32.8 Å². The number of nitrogen functional groups attached to an aromatic ring is 1. The smallest absolute Gasteiger partial charge is 0.225 e. The number of nitrogens with zero attached hydrogens (tertiary/aromatic N) is 6. The van der Waals surface area contributed by atoms with Crippen LogP contribution in [0.2, 0.25) is 0 Å². The standard InChI is InChI=1S/C18H26N8/c1-11-7-12(2)22-18(21-11)26-5-3-25(4-6-26)16-10-15(23-17(20)24-16)13-8-14(19)9-13/h7,10,13-14H,3-6,8-9,19H2,1-2H3,(H2,20,23,24). The first-order chi connectivity index (χ1) is 12.5. The lowest BCUT2D eigenvalue weighted by molar-refractivity contribution is 0.345. The third-order valence-electron chi connectivity index (χ3n) is 5.20. The van der Waals surface area contributed by atoms with Crippen molar-refractivity contribution in [2.45, 2.75) is 38.6 Å². The van der Waals surface area contributed by atoms with Gasteiger partial charge in [-0.2, -0.15) is 4.98 Å². The third kappa shape index (κ3) is 3.41. The Balaban J connectivity index is 1.46. The zero-order valence-corrected chi connectivity index (χ0v) is 15.4. The molecule has 2 aromatic heterocycles. The fraction of sp³-hybridized carbons (Fsp3) is 0.556. The molecule has 8 heteroatoms. The van der Waals surface area contributed by atoms with Crippen LogP contribution in [0.4, 0.5) is 17.7 Å². The summed E-state index contributed by atoms with van der Waals surface area (Å²) in [4.78, 5) is 22.5. The molecule has 4 rings (SSSR count). The second-order valence-corrected chi connectivity index (χ2v) is 7.36. The van der Waals surface area contributed by atoms with E-state index in [2.05, 4.69) is 35.8 Å². The topological polar surface area (TPSA) is 110 Å². The maximum absolute atomic E-state index is 5.96. The van der Waals surface area contributed by atoms with Crippen LogP contribution in [0.25, 0.3) is 0 Å². The van der Waals surface area contributed by atoms with Gasteiger partial charge in [-0.25, -0.2) is 15.0 Å². The van der Waals surface area contributed by atoms with Crippen LogP contribution in [-0.4, -0.2) is 52.2 Å². The third-order valence-corrected chi connectivity index (χ3v) is 5.20. The molecule has 4 N–H and O–H groups in total. The van der Waals surface area contributed by atoms with Crippen molar-refractivity contribution < 1.29 is 0 Å². The van der Waals surface area contributed by atoms with Crippen molar-refractivity contribution in [1.29, 1.82) is 0 Å². The summed E-state index contributed by atoms with van der Waals surface area (Å²) in [6.45, 7) is 7.44. The number of anilines is 3. The summed E-state index contributed by atoms with van der Waals surface area (Å²) < 4.78 is 0. The first-order valence-electron chi connectivity index (χ1n) is 9.20. The molecule has 0 unspecified atom stereocenters. The van der Waals surface area contributed by atoms with Gasteiger partial charge in [0.05, 0.1) is 5.69 Å². The summed E-state index contributed by atoms with van der Waals surface area (Å²) >= 11 is 0. The molecule has 1 saturated heterocycles. The molecular formula is C18H26N8. The second kappa shape index (κ2) is 6.68. The highest BCUT2D eigenvalue weighted by atomic mass is 15.3. The molecule has 2 aromatic rings. The minimum atomic E-state index is 0.293. The van der Waals surface area contributed by atoms with E-state index in [1.807, 2.05) is 19.9 Å². The van der Waals surface area contributed by atoms with E-state index in [0.717, 1.165) is 67.9 Å². The molecule has 8 nitrogen and oxygen atoms in total. The van der Waals surface area contributed by atoms with Crippen molar-refractivity contribution in [2.75, 3.05) is 41.7 Å². The van der Waals surface area contributed by atoms with Crippen molar-refractivity contribution >= 4 is 17.7 Å². The summed E-state index contributed by atoms with van der Waals surface area (Å²) in [6, 6.07) is 4.37. The van der Waals surface area contributed by atoms with Gasteiger partial charge in [0.25, 0.3) is 0 Å². The zero-order chi connectivity index (χ0) is 18.3. The number of piperazine rings is 1. The lowest BCUT2D eigenvalue weighted by Crippen LogP contribution is -2.47. The van der Waals surface area contributed by atoms with Crippen LogP contribution < -0.4 is 21.3 Å². The first-order valence-corrected chi connectivity index (χ1v) is 9.20. The van der Waals surface area contributed by atoms with E-state index in [1.54, 1.807) is 0 Å². The Labute approximate surface area is 153 Å². The predicted molar refractivity (Wildman–Crippen MR) is 102 cm³/mol. The van der Waals surface area contributed by atoms with E-state index in [4.69, 9.17) is 11.5 Å². The number of hydrogen-bond acceptors (Lipinski definition) is 8. The summed E-state index contributed by atoms with van der Waals surface area (Å²) in [7, 11) is 0. The predicted octanol–water partition coefficient (Wildman–Crippen LogP) is 0.997. The maximum atomic E-state index is 5.96. The monoisotopic (exact) mass is 354 g/mol. The van der Waals surface area contributed by atoms with E-state index < -0.39 is 0 Å². The van der Waals surface area contributed by atoms with Gasteiger partial charge in [0.15, 0.2) is 0 Å². The molecular weight excluding hydrogens is 328 g/mol. The molecule has 0 amide bonds. The number of aryl methyl sites for hydroxylation is 2. The van der Waals surface area contributed by atoms with Crippen LogP contribution in [0.3, 0.4) is 0 Å². The van der Waals surface area contributed by atoms with Crippen LogP contribution in [0.15, 0.2) is 12.1 Å². The highest BCUT2D eigenvalue weighted by Crippen LogP contribution is 2.36. The Morgan fingerprint density at radius 1 is 0.885 bits per heavy atom. The normalized spacial score (nSPS) is 23.0. The Morgan fingerprint density at radius 3 is 2.12 bits per heavy atom. The van der Waals surface area contributed by atoms with Crippen LogP contribution in [0, 0.1) is 13.8 Å². The molecule has 2 fully saturated rings. The van der Waals surface area contributed by atoms with Gasteiger partial charge in [0.2, 0.25) is 11.9 Å². The molecule has 138 valence electrons. The number of aromatic nitrogens is 4. The van der Waals surface area contributed by atoms with Crippen molar-refractivity contribution in [2.24, 2.45) is 5.73 Å². The maximum Gasteiger partial charge on any atom is 0.225 e. The summed E-state index contributed by atoms with van der Waals surface area (Å²) in [6.07, 6.45) is 1.96. The van der Waals surface area contributed by atoms with E-state index in [0.29, 0.717) is 17.9 Å². The highest BCUT2D eigenvalue weighted by molar-refractivity contribution is 5.47. The Kier molecular flexibility index (Phi) is 4.36. The van der Waals surface area contributed by atoms with Crippen molar-refractivity contribution in [3.63, 3.8) is 0 Å². The van der Waals surface area contributed by atoms with Crippen molar-refractivity contribution in [3.8, 4) is 0 Å². The molecule has 2 aliphatic rings. The summed E-state index contributed by atoms with van der Waals surface area (Å²) in [5, 5.41) is 0. The lowest BCUT2D eigenvalue weighted by atomic mass is 9.78. The van der Waals surface area contributed by atoms with E-state index in [1.165, 1.54) is 0 Å². The van der Waals surface area contributed by atoms with Crippen LogP contribution >= 0.6 is 0 Å². The molecule has 1 saturated carbocycles. The number of rotatable bonds is 3. The van der Waals surface area contributed by atoms with Crippen LogP contribution in [0.1, 0.15) is 35.8 Å².